The molecule has 2 heterocycles. The van der Waals surface area contributed by atoms with Crippen molar-refractivity contribution >= 4 is 6.09 Å². The quantitative estimate of drug-likeness (QED) is 0.750. The van der Waals surface area contributed by atoms with Crippen molar-refractivity contribution in [1.82, 2.24) is 10.3 Å². The van der Waals surface area contributed by atoms with E-state index >= 15 is 0 Å². The van der Waals surface area contributed by atoms with E-state index in [1.54, 1.807) is 6.20 Å². The number of nitrogens with one attached hydrogen (secondary N) is 1. The first-order chi connectivity index (χ1) is 13.6. The number of hydrogen-bond acceptors (Lipinski definition) is 4. The average Bonchev–Trinajstić information content (AvgIpc) is 3.19. The van der Waals surface area contributed by atoms with E-state index < -0.39 is 6.09 Å². The summed E-state index contributed by atoms with van der Waals surface area (Å²) < 4.78 is 12.0. The summed E-state index contributed by atoms with van der Waals surface area (Å²) in [7, 11) is 0. The number of aromatic nitrogens is 1. The van der Waals surface area contributed by atoms with Gasteiger partial charge >= 0.3 is 6.09 Å². The van der Waals surface area contributed by atoms with Crippen molar-refractivity contribution in [2.45, 2.75) is 51.2 Å². The molecule has 0 radical (unpaired) electrons. The number of benzene rings is 1. The number of pyridine rings is 1. The SMILES string of the molecule is CC1Oc2cc(OC[C@H](CC3CCCC3)NC(=O)O)ccc2-c2ncccc21. The first-order valence-corrected chi connectivity index (χ1v) is 9.98. The fourth-order valence-corrected chi connectivity index (χ4v) is 4.30. The van der Waals surface area contributed by atoms with Crippen LogP contribution in [0.1, 0.15) is 50.7 Å². The molecule has 4 rings (SSSR count). The predicted octanol–water partition coefficient (Wildman–Crippen LogP) is 4.80. The Kier molecular flexibility index (Phi) is 5.37. The zero-order valence-electron chi connectivity index (χ0n) is 16.1. The summed E-state index contributed by atoms with van der Waals surface area (Å²) in [4.78, 5) is 15.7. The Morgan fingerprint density at radius 3 is 2.96 bits per heavy atom. The van der Waals surface area contributed by atoms with Crippen LogP contribution in [0.3, 0.4) is 0 Å². The van der Waals surface area contributed by atoms with Gasteiger partial charge in [-0.2, -0.15) is 0 Å². The number of carbonyl (C=O) groups is 1. The van der Waals surface area contributed by atoms with E-state index in [4.69, 9.17) is 14.6 Å². The first kappa shape index (κ1) is 18.6. The Morgan fingerprint density at radius 2 is 2.18 bits per heavy atom. The van der Waals surface area contributed by atoms with Gasteiger partial charge in [0.05, 0.1) is 11.7 Å². The molecular weight excluding hydrogens is 356 g/mol. The predicted molar refractivity (Wildman–Crippen MR) is 106 cm³/mol. The van der Waals surface area contributed by atoms with Crippen molar-refractivity contribution in [2.24, 2.45) is 5.92 Å². The molecule has 1 fully saturated rings. The lowest BCUT2D eigenvalue weighted by atomic mass is 9.98. The highest BCUT2D eigenvalue weighted by Gasteiger charge is 2.25. The van der Waals surface area contributed by atoms with E-state index in [1.807, 2.05) is 37.3 Å². The van der Waals surface area contributed by atoms with E-state index in [-0.39, 0.29) is 12.1 Å². The van der Waals surface area contributed by atoms with Gasteiger partial charge in [0.25, 0.3) is 0 Å². The number of ether oxygens (including phenoxy) is 2. The summed E-state index contributed by atoms with van der Waals surface area (Å²) in [6, 6.07) is 9.46. The molecule has 1 amide bonds. The molecule has 1 aromatic carbocycles. The molecule has 2 N–H and O–H groups in total. The van der Waals surface area contributed by atoms with Crippen LogP contribution >= 0.6 is 0 Å². The highest BCUT2D eigenvalue weighted by Crippen LogP contribution is 2.42. The van der Waals surface area contributed by atoms with Crippen LogP contribution in [0.15, 0.2) is 36.5 Å². The number of carboxylic acid groups (broad SMARTS) is 1. The minimum absolute atomic E-state index is 0.0738. The normalized spacial score (nSPS) is 19.2. The number of nitrogens with zero attached hydrogens (tertiary/aromatic N) is 1. The fraction of sp³-hybridized carbons (Fsp3) is 0.455. The maximum Gasteiger partial charge on any atom is 0.404 e. The lowest BCUT2D eigenvalue weighted by Gasteiger charge is -2.26. The highest BCUT2D eigenvalue weighted by atomic mass is 16.5. The van der Waals surface area contributed by atoms with Crippen molar-refractivity contribution in [3.8, 4) is 22.8 Å². The summed E-state index contributed by atoms with van der Waals surface area (Å²) >= 11 is 0. The molecule has 148 valence electrons. The molecule has 1 aliphatic heterocycles. The molecule has 2 aliphatic rings. The van der Waals surface area contributed by atoms with E-state index in [9.17, 15) is 4.79 Å². The molecule has 2 atom stereocenters. The van der Waals surface area contributed by atoms with E-state index in [2.05, 4.69) is 10.3 Å². The zero-order valence-corrected chi connectivity index (χ0v) is 16.1. The molecule has 28 heavy (non-hydrogen) atoms. The van der Waals surface area contributed by atoms with Gasteiger partial charge in [-0.15, -0.1) is 0 Å². The van der Waals surface area contributed by atoms with Crippen molar-refractivity contribution in [1.29, 1.82) is 0 Å². The Labute approximate surface area is 164 Å². The van der Waals surface area contributed by atoms with Gasteiger partial charge < -0.3 is 19.9 Å². The number of hydrogen-bond donors (Lipinski definition) is 2. The highest BCUT2D eigenvalue weighted by molar-refractivity contribution is 5.73. The molecule has 1 aromatic heterocycles. The summed E-state index contributed by atoms with van der Waals surface area (Å²) in [6.45, 7) is 2.32. The van der Waals surface area contributed by atoms with Crippen molar-refractivity contribution < 1.29 is 19.4 Å². The van der Waals surface area contributed by atoms with Crippen molar-refractivity contribution in [3.63, 3.8) is 0 Å². The third-order valence-corrected chi connectivity index (χ3v) is 5.66. The van der Waals surface area contributed by atoms with Gasteiger partial charge in [-0.25, -0.2) is 4.79 Å². The van der Waals surface area contributed by atoms with Gasteiger partial charge in [0.1, 0.15) is 24.2 Å². The fourth-order valence-electron chi connectivity index (χ4n) is 4.30. The van der Waals surface area contributed by atoms with E-state index in [1.165, 1.54) is 25.7 Å². The Balaban J connectivity index is 1.46. The summed E-state index contributed by atoms with van der Waals surface area (Å²) in [5.41, 5.74) is 2.97. The zero-order chi connectivity index (χ0) is 19.5. The molecule has 0 saturated heterocycles. The molecule has 6 heteroatoms. The Morgan fingerprint density at radius 1 is 1.36 bits per heavy atom. The van der Waals surface area contributed by atoms with E-state index in [0.29, 0.717) is 18.3 Å². The second-order valence-corrected chi connectivity index (χ2v) is 7.70. The molecule has 1 saturated carbocycles. The molecule has 1 aliphatic carbocycles. The third kappa shape index (κ3) is 4.06. The molecule has 6 nitrogen and oxygen atoms in total. The molecule has 0 spiro atoms. The number of amides is 1. The summed E-state index contributed by atoms with van der Waals surface area (Å²) in [5.74, 6) is 2.00. The maximum atomic E-state index is 11.1. The minimum Gasteiger partial charge on any atom is -0.491 e. The Hall–Kier alpha value is -2.76. The second-order valence-electron chi connectivity index (χ2n) is 7.70. The van der Waals surface area contributed by atoms with Gasteiger partial charge in [0.15, 0.2) is 0 Å². The molecule has 0 bridgehead atoms. The van der Waals surface area contributed by atoms with Gasteiger partial charge in [0, 0.05) is 23.4 Å². The van der Waals surface area contributed by atoms with Gasteiger partial charge in [-0.1, -0.05) is 31.7 Å². The monoisotopic (exact) mass is 382 g/mol. The van der Waals surface area contributed by atoms with Crippen LogP contribution in [0.25, 0.3) is 11.3 Å². The van der Waals surface area contributed by atoms with Crippen LogP contribution in [0, 0.1) is 5.92 Å². The second kappa shape index (κ2) is 8.09. The topological polar surface area (TPSA) is 80.7 Å². The number of rotatable bonds is 6. The van der Waals surface area contributed by atoms with Gasteiger partial charge in [-0.05, 0) is 37.5 Å². The number of fused-ring (bicyclic) bond motifs is 3. The lowest BCUT2D eigenvalue weighted by molar-refractivity contribution is 0.175. The van der Waals surface area contributed by atoms with Crippen molar-refractivity contribution in [3.05, 3.63) is 42.1 Å². The van der Waals surface area contributed by atoms with Crippen LogP contribution in [0.2, 0.25) is 0 Å². The van der Waals surface area contributed by atoms with Crippen LogP contribution < -0.4 is 14.8 Å². The summed E-state index contributed by atoms with van der Waals surface area (Å²) in [5, 5.41) is 11.8. The first-order valence-electron chi connectivity index (χ1n) is 9.98. The summed E-state index contributed by atoms with van der Waals surface area (Å²) in [6.07, 6.45) is 6.36. The van der Waals surface area contributed by atoms with E-state index in [0.717, 1.165) is 29.0 Å². The minimum atomic E-state index is -1.00. The standard InChI is InChI=1S/C22H26N2O4/c1-14-18-7-4-10-23-21(18)19-9-8-17(12-20(19)28-14)27-13-16(24-22(25)26)11-15-5-2-3-6-15/h4,7-10,12,14-16,24H,2-3,5-6,11,13H2,1H3,(H,25,26)/t14?,16-/m0/s1. The van der Waals surface area contributed by atoms with Crippen LogP contribution in [0.4, 0.5) is 4.79 Å². The van der Waals surface area contributed by atoms with Gasteiger partial charge in [-0.3, -0.25) is 4.98 Å². The third-order valence-electron chi connectivity index (χ3n) is 5.66. The smallest absolute Gasteiger partial charge is 0.404 e. The lowest BCUT2D eigenvalue weighted by Crippen LogP contribution is -2.39. The van der Waals surface area contributed by atoms with Crippen LogP contribution in [-0.4, -0.2) is 28.8 Å². The maximum absolute atomic E-state index is 11.1. The Bertz CT molecular complexity index is 848. The molecular formula is C22H26N2O4. The largest absolute Gasteiger partial charge is 0.491 e. The average molecular weight is 382 g/mol. The van der Waals surface area contributed by atoms with Crippen LogP contribution in [-0.2, 0) is 0 Å². The van der Waals surface area contributed by atoms with Gasteiger partial charge in [0.2, 0.25) is 0 Å². The van der Waals surface area contributed by atoms with Crippen LogP contribution in [0.5, 0.6) is 11.5 Å². The van der Waals surface area contributed by atoms with Crippen molar-refractivity contribution in [2.75, 3.05) is 6.61 Å². The molecule has 2 aromatic rings. The molecule has 1 unspecified atom stereocenters.